The summed E-state index contributed by atoms with van der Waals surface area (Å²) in [5.74, 6) is -0.107. The molecular weight excluding hydrogens is 439 g/mol. The zero-order valence-electron chi connectivity index (χ0n) is 17.5. The average molecular weight is 469 g/mol. The molecule has 0 radical (unpaired) electrons. The van der Waals surface area contributed by atoms with Crippen molar-refractivity contribution in [1.29, 1.82) is 0 Å². The van der Waals surface area contributed by atoms with Crippen LogP contribution in [0.3, 0.4) is 0 Å². The van der Waals surface area contributed by atoms with E-state index in [0.717, 1.165) is 4.57 Å². The molecule has 172 valence electrons. The number of phosphoric acid groups is 1. The number of phosphoric ester groups is 1. The maximum absolute atomic E-state index is 12.3. The van der Waals surface area contributed by atoms with Gasteiger partial charge in [0.1, 0.15) is 18.3 Å². The van der Waals surface area contributed by atoms with Crippen molar-refractivity contribution >= 4 is 22.1 Å². The van der Waals surface area contributed by atoms with E-state index in [-0.39, 0.29) is 17.7 Å². The van der Waals surface area contributed by atoms with Gasteiger partial charge in [-0.3, -0.25) is 4.52 Å². The lowest BCUT2D eigenvalue weighted by Gasteiger charge is -2.35. The van der Waals surface area contributed by atoms with E-state index in [2.05, 4.69) is 30.3 Å². The molecule has 0 spiro atoms. The summed E-state index contributed by atoms with van der Waals surface area (Å²) in [5, 5.41) is 20.3. The molecule has 4 atom stereocenters. The van der Waals surface area contributed by atoms with Gasteiger partial charge in [0.25, 0.3) is 0 Å². The van der Waals surface area contributed by atoms with Gasteiger partial charge in [-0.05, 0) is 23.1 Å². The Kier molecular flexibility index (Phi) is 7.28. The fourth-order valence-corrected chi connectivity index (χ4v) is 3.70. The highest BCUT2D eigenvalue weighted by Crippen LogP contribution is 2.38. The number of nitrogen functional groups attached to an aromatic ring is 1. The van der Waals surface area contributed by atoms with Gasteiger partial charge in [0, 0.05) is 0 Å². The third-order valence-corrected chi connectivity index (χ3v) is 10.3. The molecule has 0 aliphatic carbocycles. The van der Waals surface area contributed by atoms with Crippen molar-refractivity contribution in [2.45, 2.75) is 70.2 Å². The Balaban J connectivity index is 2.24. The molecule has 0 amide bonds. The average Bonchev–Trinajstić information content (AvgIpc) is 2.86. The molecule has 1 aromatic rings. The third kappa shape index (κ3) is 5.72. The standard InChI is InChI=1S/C15H29N4O9PSi/c1-15(2,3)30(4,5)27-8-18-7-19(14(22)17-13(18)16)12-11(21)10(20)9(28-12)6-26-29(23,24)25/h7,9-12,20-21H,6,8H2,1-5H3,(H3-,16,17,22,23,24,25)/p+1/t9-,10-,11-,12-/m1/s1. The van der Waals surface area contributed by atoms with Gasteiger partial charge in [0.2, 0.25) is 6.23 Å². The van der Waals surface area contributed by atoms with Gasteiger partial charge in [-0.2, -0.15) is 4.57 Å². The van der Waals surface area contributed by atoms with Crippen LogP contribution in [-0.4, -0.2) is 62.8 Å². The second-order valence-corrected chi connectivity index (χ2v) is 14.7. The number of rotatable bonds is 7. The summed E-state index contributed by atoms with van der Waals surface area (Å²) in [6, 6.07) is 0. The van der Waals surface area contributed by atoms with Gasteiger partial charge in [-0.1, -0.05) is 20.8 Å². The largest absolute Gasteiger partial charge is 0.469 e. The van der Waals surface area contributed by atoms with Crippen LogP contribution < -0.4 is 16.0 Å². The quantitative estimate of drug-likeness (QED) is 0.183. The zero-order chi connectivity index (χ0) is 23.1. The van der Waals surface area contributed by atoms with Crippen molar-refractivity contribution in [3.63, 3.8) is 0 Å². The van der Waals surface area contributed by atoms with Crippen molar-refractivity contribution in [3.8, 4) is 0 Å². The maximum atomic E-state index is 12.3. The first-order valence-electron chi connectivity index (χ1n) is 9.17. The predicted molar refractivity (Wildman–Crippen MR) is 105 cm³/mol. The molecule has 13 nitrogen and oxygen atoms in total. The van der Waals surface area contributed by atoms with E-state index >= 15 is 0 Å². The first-order valence-corrected chi connectivity index (χ1v) is 13.6. The van der Waals surface area contributed by atoms with E-state index in [9.17, 15) is 19.6 Å². The number of anilines is 1. The number of nitrogens with two attached hydrogens (primary N) is 1. The number of aliphatic hydroxyl groups is 2. The van der Waals surface area contributed by atoms with Gasteiger partial charge < -0.3 is 34.9 Å². The van der Waals surface area contributed by atoms with Crippen LogP contribution in [0.1, 0.15) is 27.0 Å². The van der Waals surface area contributed by atoms with Crippen LogP contribution in [0, 0.1) is 0 Å². The van der Waals surface area contributed by atoms with Gasteiger partial charge in [-0.25, -0.2) is 13.9 Å². The van der Waals surface area contributed by atoms with Crippen LogP contribution in [-0.2, 0) is 25.0 Å². The predicted octanol–water partition coefficient (Wildman–Crippen LogP) is -1.18. The Morgan fingerprint density at radius 2 is 1.93 bits per heavy atom. The number of aliphatic hydroxyl groups excluding tert-OH is 2. The van der Waals surface area contributed by atoms with Crippen LogP contribution in [0.4, 0.5) is 5.95 Å². The van der Waals surface area contributed by atoms with Crippen LogP contribution in [0.25, 0.3) is 0 Å². The van der Waals surface area contributed by atoms with E-state index < -0.39 is 53.0 Å². The molecule has 6 N–H and O–H groups in total. The molecule has 30 heavy (non-hydrogen) atoms. The smallest absolute Gasteiger partial charge is 0.391 e. The molecule has 0 aromatic carbocycles. The van der Waals surface area contributed by atoms with E-state index in [1.54, 1.807) is 0 Å². The van der Waals surface area contributed by atoms with Gasteiger partial charge >= 0.3 is 19.5 Å². The van der Waals surface area contributed by atoms with Crippen molar-refractivity contribution in [3.05, 3.63) is 16.8 Å². The minimum absolute atomic E-state index is 0.00568. The van der Waals surface area contributed by atoms with Gasteiger partial charge in [-0.15, -0.1) is 0 Å². The molecule has 2 heterocycles. The van der Waals surface area contributed by atoms with Gasteiger partial charge in [0.15, 0.2) is 21.4 Å². The summed E-state index contributed by atoms with van der Waals surface area (Å²) < 4.78 is 29.0. The summed E-state index contributed by atoms with van der Waals surface area (Å²) in [4.78, 5) is 33.6. The molecule has 1 aliphatic rings. The Morgan fingerprint density at radius 1 is 1.33 bits per heavy atom. The fourth-order valence-electron chi connectivity index (χ4n) is 2.47. The molecule has 1 fully saturated rings. The highest BCUT2D eigenvalue weighted by molar-refractivity contribution is 7.46. The minimum Gasteiger partial charge on any atom is -0.391 e. The van der Waals surface area contributed by atoms with E-state index in [4.69, 9.17) is 24.7 Å². The number of ether oxygens (including phenoxy) is 1. The lowest BCUT2D eigenvalue weighted by Crippen LogP contribution is -2.51. The monoisotopic (exact) mass is 469 g/mol. The fraction of sp³-hybridized carbons (Fsp3) is 0.800. The molecule has 0 bridgehead atoms. The SMILES string of the molecule is CC(C)(C)[Si](C)(C)OC[n+]1cn([C@@H]2O[C@H](COP(=O)(O)O)[C@@H](O)[C@H]2O)c(=O)nc1N. The molecule has 1 saturated heterocycles. The van der Waals surface area contributed by atoms with Crippen LogP contribution >= 0.6 is 7.82 Å². The number of hydrogen-bond donors (Lipinski definition) is 5. The van der Waals surface area contributed by atoms with E-state index in [1.807, 2.05) is 13.1 Å². The molecular formula is C15H30N4O9PSi+. The Labute approximate surface area is 174 Å². The summed E-state index contributed by atoms with van der Waals surface area (Å²) in [6.07, 6.45) is -4.52. The van der Waals surface area contributed by atoms with Crippen molar-refractivity contribution in [1.82, 2.24) is 9.55 Å². The summed E-state index contributed by atoms with van der Waals surface area (Å²) in [6.45, 7) is 9.59. The Hall–Kier alpha value is -1.22. The van der Waals surface area contributed by atoms with E-state index in [0.29, 0.717) is 0 Å². The molecule has 0 unspecified atom stereocenters. The number of aromatic nitrogens is 3. The third-order valence-electron chi connectivity index (χ3n) is 5.38. The van der Waals surface area contributed by atoms with Crippen molar-refractivity contribution < 1.29 is 42.8 Å². The Morgan fingerprint density at radius 3 is 2.47 bits per heavy atom. The first-order chi connectivity index (χ1) is 13.5. The molecule has 1 aliphatic heterocycles. The molecule has 0 saturated carbocycles. The normalized spacial score (nSPS) is 25.6. The van der Waals surface area contributed by atoms with E-state index in [1.165, 1.54) is 10.9 Å². The number of nitrogens with zero attached hydrogens (tertiary/aromatic N) is 3. The highest BCUT2D eigenvalue weighted by atomic mass is 31.2. The molecule has 2 rings (SSSR count). The second kappa shape index (κ2) is 8.73. The summed E-state index contributed by atoms with van der Waals surface area (Å²) in [5.41, 5.74) is 4.98. The second-order valence-electron chi connectivity index (χ2n) is 8.61. The van der Waals surface area contributed by atoms with Gasteiger partial charge in [0.05, 0.1) is 6.61 Å². The maximum Gasteiger partial charge on any atom is 0.469 e. The van der Waals surface area contributed by atoms with Crippen LogP contribution in [0.15, 0.2) is 11.1 Å². The minimum atomic E-state index is -4.81. The lowest BCUT2D eigenvalue weighted by molar-refractivity contribution is -0.720. The molecule has 1 aromatic heterocycles. The van der Waals surface area contributed by atoms with Crippen LogP contribution in [0.5, 0.6) is 0 Å². The first kappa shape index (κ1) is 25.0. The highest BCUT2D eigenvalue weighted by Gasteiger charge is 2.47. The number of hydrogen-bond acceptors (Lipinski definition) is 9. The topological polar surface area (TPSA) is 190 Å². The summed E-state index contributed by atoms with van der Waals surface area (Å²) in [7, 11) is -6.95. The lowest BCUT2D eigenvalue weighted by atomic mass is 10.1. The Bertz CT molecular complexity index is 869. The van der Waals surface area contributed by atoms with Crippen LogP contribution in [0.2, 0.25) is 18.1 Å². The zero-order valence-corrected chi connectivity index (χ0v) is 19.4. The van der Waals surface area contributed by atoms with Crippen molar-refractivity contribution in [2.24, 2.45) is 0 Å². The molecule has 15 heteroatoms. The van der Waals surface area contributed by atoms with Crippen molar-refractivity contribution in [2.75, 3.05) is 12.3 Å². The summed E-state index contributed by atoms with van der Waals surface area (Å²) >= 11 is 0.